The van der Waals surface area contributed by atoms with Crippen molar-refractivity contribution in [2.24, 2.45) is 0 Å². The average Bonchev–Trinajstić information content (AvgIpc) is 3.03. The molecule has 3 rings (SSSR count). The van der Waals surface area contributed by atoms with Gasteiger partial charge in [0.05, 0.1) is 12.7 Å². The summed E-state index contributed by atoms with van der Waals surface area (Å²) in [6.45, 7) is 2.04. The van der Waals surface area contributed by atoms with E-state index in [1.807, 2.05) is 13.0 Å². The maximum Gasteiger partial charge on any atom is 0.340 e. The second kappa shape index (κ2) is 7.53. The van der Waals surface area contributed by atoms with Crippen molar-refractivity contribution in [2.45, 2.75) is 19.8 Å². The molecule has 0 bridgehead atoms. The molecule has 0 unspecified atom stereocenters. The highest BCUT2D eigenvalue weighted by Crippen LogP contribution is 2.30. The van der Waals surface area contributed by atoms with Crippen LogP contribution >= 0.6 is 11.3 Å². The van der Waals surface area contributed by atoms with Crippen LogP contribution in [-0.2, 0) is 11.2 Å². The molecule has 2 heterocycles. The van der Waals surface area contributed by atoms with Gasteiger partial charge in [-0.3, -0.25) is 10.2 Å². The van der Waals surface area contributed by atoms with Crippen molar-refractivity contribution in [1.29, 1.82) is 5.41 Å². The summed E-state index contributed by atoms with van der Waals surface area (Å²) >= 11 is 1.34. The van der Waals surface area contributed by atoms with Gasteiger partial charge in [0.25, 0.3) is 5.91 Å². The minimum atomic E-state index is -0.506. The fraction of sp³-hybridized carbons (Fsp3) is 0.211. The molecule has 2 N–H and O–H groups in total. The smallest absolute Gasteiger partial charge is 0.340 e. The zero-order valence-corrected chi connectivity index (χ0v) is 15.2. The van der Waals surface area contributed by atoms with Crippen LogP contribution in [-0.4, -0.2) is 19.0 Å². The molecule has 0 saturated heterocycles. The van der Waals surface area contributed by atoms with Crippen LogP contribution in [0, 0.1) is 5.41 Å². The lowest BCUT2D eigenvalue weighted by Crippen LogP contribution is -2.21. The first-order valence-corrected chi connectivity index (χ1v) is 8.95. The van der Waals surface area contributed by atoms with E-state index in [1.165, 1.54) is 18.4 Å². The van der Waals surface area contributed by atoms with Crippen LogP contribution in [0.4, 0.5) is 5.00 Å². The topological polar surface area (TPSA) is 92.4 Å². The Balaban J connectivity index is 1.96. The zero-order valence-electron chi connectivity index (χ0n) is 14.4. The van der Waals surface area contributed by atoms with E-state index in [0.29, 0.717) is 16.1 Å². The number of hydrogen-bond acceptors (Lipinski definition) is 6. The van der Waals surface area contributed by atoms with Crippen LogP contribution < -0.4 is 10.9 Å². The molecule has 7 heteroatoms. The normalized spacial score (nSPS) is 10.7. The van der Waals surface area contributed by atoms with Gasteiger partial charge in [-0.15, -0.1) is 11.3 Å². The number of carbonyl (C=O) groups is 2. The number of aryl methyl sites for hydroxylation is 1. The van der Waals surface area contributed by atoms with Gasteiger partial charge in [-0.1, -0.05) is 31.5 Å². The van der Waals surface area contributed by atoms with Crippen molar-refractivity contribution in [3.8, 4) is 0 Å². The molecule has 0 fully saturated rings. The monoisotopic (exact) mass is 370 g/mol. The van der Waals surface area contributed by atoms with Crippen molar-refractivity contribution in [3.63, 3.8) is 0 Å². The van der Waals surface area contributed by atoms with Gasteiger partial charge in [0.15, 0.2) is 0 Å². The molecule has 1 aromatic carbocycles. The molecule has 3 aromatic rings. The second-order valence-corrected chi connectivity index (χ2v) is 6.81. The molecule has 0 radical (unpaired) electrons. The van der Waals surface area contributed by atoms with E-state index in [1.54, 1.807) is 30.3 Å². The first-order chi connectivity index (χ1) is 12.5. The number of anilines is 1. The van der Waals surface area contributed by atoms with Gasteiger partial charge in [-0.25, -0.2) is 4.79 Å². The van der Waals surface area contributed by atoms with E-state index in [4.69, 9.17) is 14.6 Å². The van der Waals surface area contributed by atoms with Gasteiger partial charge >= 0.3 is 5.97 Å². The quantitative estimate of drug-likeness (QED) is 0.665. The van der Waals surface area contributed by atoms with Crippen LogP contribution in [0.1, 0.15) is 38.9 Å². The molecule has 134 valence electrons. The minimum absolute atomic E-state index is 0.102. The van der Waals surface area contributed by atoms with Crippen molar-refractivity contribution in [3.05, 3.63) is 58.0 Å². The van der Waals surface area contributed by atoms with Crippen molar-refractivity contribution < 1.29 is 18.7 Å². The molecular weight excluding hydrogens is 352 g/mol. The molecular formula is C19H18N2O4S. The number of hydrogen-bond donors (Lipinski definition) is 2. The lowest BCUT2D eigenvalue weighted by atomic mass is 10.1. The summed E-state index contributed by atoms with van der Waals surface area (Å²) in [4.78, 5) is 25.6. The summed E-state index contributed by atoms with van der Waals surface area (Å²) in [5, 5.41) is 11.8. The Kier molecular flexibility index (Phi) is 5.18. The van der Waals surface area contributed by atoms with Crippen LogP contribution in [0.5, 0.6) is 0 Å². The van der Waals surface area contributed by atoms with Crippen molar-refractivity contribution in [1.82, 2.24) is 0 Å². The average molecular weight is 370 g/mol. The Morgan fingerprint density at radius 2 is 2.00 bits per heavy atom. The first-order valence-electron chi connectivity index (χ1n) is 8.13. The van der Waals surface area contributed by atoms with Gasteiger partial charge < -0.3 is 14.5 Å². The third-order valence-electron chi connectivity index (χ3n) is 3.83. The number of amides is 1. The largest absolute Gasteiger partial charge is 0.465 e. The second-order valence-electron chi connectivity index (χ2n) is 5.68. The molecule has 0 aliphatic carbocycles. The summed E-state index contributed by atoms with van der Waals surface area (Å²) < 4.78 is 10.2. The third kappa shape index (κ3) is 3.52. The Bertz CT molecular complexity index is 1040. The number of rotatable bonds is 5. The maximum atomic E-state index is 12.7. The summed E-state index contributed by atoms with van der Waals surface area (Å²) in [6.07, 6.45) is 1.73. The van der Waals surface area contributed by atoms with Gasteiger partial charge in [0, 0.05) is 10.3 Å². The summed E-state index contributed by atoms with van der Waals surface area (Å²) in [6, 6.07) is 10.5. The van der Waals surface area contributed by atoms with Crippen LogP contribution in [0.3, 0.4) is 0 Å². The third-order valence-corrected chi connectivity index (χ3v) is 4.94. The molecule has 2 aromatic heterocycles. The van der Waals surface area contributed by atoms with E-state index >= 15 is 0 Å². The highest BCUT2D eigenvalue weighted by molar-refractivity contribution is 7.16. The van der Waals surface area contributed by atoms with Crippen molar-refractivity contribution >= 4 is 39.2 Å². The predicted octanol–water partition coefficient (Wildman–Crippen LogP) is 3.97. The van der Waals surface area contributed by atoms with Crippen LogP contribution in [0.25, 0.3) is 11.0 Å². The number of esters is 1. The summed E-state index contributed by atoms with van der Waals surface area (Å²) in [5.74, 6) is -1.01. The molecule has 0 atom stereocenters. The van der Waals surface area contributed by atoms with Crippen LogP contribution in [0.2, 0.25) is 0 Å². The highest BCUT2D eigenvalue weighted by atomic mass is 32.1. The molecule has 26 heavy (non-hydrogen) atoms. The number of methoxy groups -OCH3 is 1. The maximum absolute atomic E-state index is 12.7. The Morgan fingerprint density at radius 1 is 1.23 bits per heavy atom. The zero-order chi connectivity index (χ0) is 18.7. The molecule has 0 aliphatic rings. The fourth-order valence-electron chi connectivity index (χ4n) is 2.58. The number of fused-ring (bicyclic) bond motifs is 1. The lowest BCUT2D eigenvalue weighted by Gasteiger charge is -2.06. The van der Waals surface area contributed by atoms with E-state index in [0.717, 1.165) is 23.1 Å². The fourth-order valence-corrected chi connectivity index (χ4v) is 3.73. The number of benzene rings is 1. The Hall–Kier alpha value is -2.93. The number of nitrogens with one attached hydrogen (secondary N) is 2. The van der Waals surface area contributed by atoms with Crippen molar-refractivity contribution in [2.75, 3.05) is 12.4 Å². The lowest BCUT2D eigenvalue weighted by molar-refractivity contribution is 0.0602. The van der Waals surface area contributed by atoms with E-state index < -0.39 is 11.9 Å². The summed E-state index contributed by atoms with van der Waals surface area (Å²) in [7, 11) is 1.30. The van der Waals surface area contributed by atoms with Gasteiger partial charge in [-0.05, 0) is 24.6 Å². The number of para-hydroxylation sites is 1. The van der Waals surface area contributed by atoms with Gasteiger partial charge in [0.1, 0.15) is 16.1 Å². The Labute approximate surface area is 153 Å². The minimum Gasteiger partial charge on any atom is -0.465 e. The van der Waals surface area contributed by atoms with Crippen LogP contribution in [0.15, 0.2) is 40.8 Å². The molecule has 6 nitrogen and oxygen atoms in total. The molecule has 0 aliphatic heterocycles. The highest BCUT2D eigenvalue weighted by Gasteiger charge is 2.20. The van der Waals surface area contributed by atoms with Gasteiger partial charge in [-0.2, -0.15) is 0 Å². The van der Waals surface area contributed by atoms with E-state index in [9.17, 15) is 9.59 Å². The number of ether oxygens (including phenoxy) is 1. The molecule has 0 saturated carbocycles. The molecule has 0 spiro atoms. The first kappa shape index (κ1) is 17.9. The number of thiophene rings is 1. The van der Waals surface area contributed by atoms with E-state index in [2.05, 4.69) is 5.32 Å². The van der Waals surface area contributed by atoms with Gasteiger partial charge in [0.2, 0.25) is 5.55 Å². The SMILES string of the molecule is CCCc1cc(C(=O)OC)c(NC(=O)c2cc3ccccc3oc2=N)s1. The standard InChI is InChI=1S/C19H18N2O4S/c1-3-6-12-10-14(19(23)24-2)18(26-12)21-17(22)13-9-11-7-4-5-8-15(11)25-16(13)20/h4-5,7-10,20H,3,6H2,1-2H3,(H,21,22). The van der Waals surface area contributed by atoms with E-state index in [-0.39, 0.29) is 11.1 Å². The Morgan fingerprint density at radius 3 is 2.73 bits per heavy atom. The predicted molar refractivity (Wildman–Crippen MR) is 99.7 cm³/mol. The number of carbonyl (C=O) groups excluding carboxylic acids is 2. The molecule has 1 amide bonds. The summed E-state index contributed by atoms with van der Waals surface area (Å²) in [5.41, 5.74) is 0.723.